The molecule has 0 saturated carbocycles. The molecule has 3 N–H and O–H groups in total. The summed E-state index contributed by atoms with van der Waals surface area (Å²) >= 11 is 0. The fraction of sp³-hybridized carbons (Fsp3) is 0.906. The van der Waals surface area contributed by atoms with Crippen molar-refractivity contribution in [2.45, 2.75) is 142 Å². The Morgan fingerprint density at radius 3 is 2.16 bits per heavy atom. The third kappa shape index (κ3) is 8.37. The molecule has 0 aromatic rings. The quantitative estimate of drug-likeness (QED) is 0.367. The first-order valence-electron chi connectivity index (χ1n) is 15.8. The Morgan fingerprint density at radius 2 is 1.66 bits per heavy atom. The largest absolute Gasteiger partial charge is 0.459 e. The molecule has 14 atom stereocenters. The predicted molar refractivity (Wildman–Crippen MR) is 161 cm³/mol. The summed E-state index contributed by atoms with van der Waals surface area (Å²) in [5, 5.41) is 34.1. The summed E-state index contributed by atoms with van der Waals surface area (Å²) in [6, 6.07) is -0.240. The smallest absolute Gasteiger partial charge is 0.311 e. The highest BCUT2D eigenvalue weighted by atomic mass is 16.7. The number of ketones is 1. The van der Waals surface area contributed by atoms with Crippen LogP contribution in [0.3, 0.4) is 0 Å². The number of ether oxygens (including phenoxy) is 5. The number of aliphatic hydroxyl groups excluding tert-OH is 2. The Labute approximate surface area is 262 Å². The average Bonchev–Trinajstić information content (AvgIpc) is 2.95. The van der Waals surface area contributed by atoms with Crippen LogP contribution in [0.4, 0.5) is 0 Å². The fourth-order valence-corrected chi connectivity index (χ4v) is 6.89. The minimum Gasteiger partial charge on any atom is -0.459 e. The molecule has 1 unspecified atom stereocenters. The van der Waals surface area contributed by atoms with Crippen molar-refractivity contribution < 1.29 is 53.4 Å². The Hall–Kier alpha value is -1.67. The molecule has 12 nitrogen and oxygen atoms in total. The molecule has 2 heterocycles. The van der Waals surface area contributed by atoms with E-state index in [9.17, 15) is 29.7 Å². The molecular weight excluding hydrogens is 574 g/mol. The molecule has 2 aliphatic heterocycles. The third-order valence-corrected chi connectivity index (χ3v) is 9.80. The topological polar surface area (TPSA) is 161 Å². The minimum absolute atomic E-state index is 0.108. The average molecular weight is 632 g/mol. The third-order valence-electron chi connectivity index (χ3n) is 9.80. The van der Waals surface area contributed by atoms with Crippen molar-refractivity contribution in [1.29, 1.82) is 0 Å². The van der Waals surface area contributed by atoms with Crippen molar-refractivity contribution in [3.63, 3.8) is 0 Å². The van der Waals surface area contributed by atoms with Crippen LogP contribution in [0.1, 0.15) is 81.6 Å². The van der Waals surface area contributed by atoms with Gasteiger partial charge in [-0.1, -0.05) is 27.7 Å². The van der Waals surface area contributed by atoms with Crippen molar-refractivity contribution in [2.75, 3.05) is 21.2 Å². The van der Waals surface area contributed by atoms with Gasteiger partial charge in [-0.15, -0.1) is 0 Å². The maximum Gasteiger partial charge on any atom is 0.311 e. The zero-order chi connectivity index (χ0) is 33.9. The van der Waals surface area contributed by atoms with E-state index in [0.717, 1.165) is 0 Å². The van der Waals surface area contributed by atoms with Gasteiger partial charge in [0, 0.05) is 31.8 Å². The molecule has 256 valence electrons. The van der Waals surface area contributed by atoms with Crippen LogP contribution in [0.25, 0.3) is 0 Å². The van der Waals surface area contributed by atoms with Crippen molar-refractivity contribution in [3.05, 3.63) is 0 Å². The summed E-state index contributed by atoms with van der Waals surface area (Å²) in [5.74, 6) is -5.15. The standard InChI is InChI=1S/C32H57NO11/c1-13-23-32(9,39)27(37)18(4)24(35)16(2)15-31(8,40-12)28(19(5)25(36)20(6)29(38)43-23)44-30-26(42-21(7)34)22(33(10)11)14-17(3)41-30/h16-20,22-23,25-28,30,36-37,39H,13-15H2,1-12H3/t16-,17-,18+,19+,20-,22+,23?,25+,26-,27-,28-,30+,31-,32-/m1/s1. The molecular formula is C32H57NO11. The SMILES string of the molecule is CCC1OC(=O)[C@H](C)[C@@H](O)[C@H](C)[C@@H](O[C@@H]2O[C@H](C)C[C@H](N(C)C)[C@H]2OC(C)=O)[C@](C)(OC)C[C@@H](C)C(=O)[C@H](C)[C@@H](O)[C@]1(C)O. The van der Waals surface area contributed by atoms with Crippen LogP contribution < -0.4 is 0 Å². The summed E-state index contributed by atoms with van der Waals surface area (Å²) < 4.78 is 30.3. The number of nitrogens with zero attached hydrogens (tertiary/aromatic N) is 1. The first-order chi connectivity index (χ1) is 20.2. The number of cyclic esters (lactones) is 1. The summed E-state index contributed by atoms with van der Waals surface area (Å²) in [6.45, 7) is 14.5. The second kappa shape index (κ2) is 15.3. The molecule has 2 rings (SSSR count). The molecule has 0 aromatic carbocycles. The maximum absolute atomic E-state index is 13.7. The second-order valence-electron chi connectivity index (χ2n) is 13.7. The lowest BCUT2D eigenvalue weighted by Gasteiger charge is -2.48. The van der Waals surface area contributed by atoms with Gasteiger partial charge in [0.05, 0.1) is 42.0 Å². The molecule has 0 radical (unpaired) electrons. The van der Waals surface area contributed by atoms with E-state index in [-0.39, 0.29) is 30.8 Å². The van der Waals surface area contributed by atoms with Crippen LogP contribution in [0.5, 0.6) is 0 Å². The van der Waals surface area contributed by atoms with E-state index in [4.69, 9.17) is 23.7 Å². The van der Waals surface area contributed by atoms with Gasteiger partial charge in [-0.05, 0) is 61.1 Å². The summed E-state index contributed by atoms with van der Waals surface area (Å²) in [4.78, 5) is 41.2. The number of esters is 2. The molecule has 0 spiro atoms. The maximum atomic E-state index is 13.7. The van der Waals surface area contributed by atoms with Crippen molar-refractivity contribution >= 4 is 17.7 Å². The lowest BCUT2D eigenvalue weighted by atomic mass is 9.74. The normalized spacial score (nSPS) is 45.0. The number of aliphatic hydroxyl groups is 3. The van der Waals surface area contributed by atoms with Gasteiger partial charge in [-0.3, -0.25) is 14.4 Å². The van der Waals surface area contributed by atoms with E-state index >= 15 is 0 Å². The van der Waals surface area contributed by atoms with E-state index < -0.39 is 83.6 Å². The Kier molecular flexibility index (Phi) is 13.4. The van der Waals surface area contributed by atoms with Crippen LogP contribution in [0.2, 0.25) is 0 Å². The number of likely N-dealkylation sites (N-methyl/N-ethyl adjacent to an activating group) is 1. The van der Waals surface area contributed by atoms with Crippen LogP contribution in [0.15, 0.2) is 0 Å². The first kappa shape index (κ1) is 38.5. The Bertz CT molecular complexity index is 989. The van der Waals surface area contributed by atoms with Gasteiger partial charge >= 0.3 is 11.9 Å². The summed E-state index contributed by atoms with van der Waals surface area (Å²) in [6.07, 6.45) is -6.26. The first-order valence-corrected chi connectivity index (χ1v) is 15.8. The summed E-state index contributed by atoms with van der Waals surface area (Å²) in [7, 11) is 5.22. The summed E-state index contributed by atoms with van der Waals surface area (Å²) in [5.41, 5.74) is -3.17. The molecule has 0 aliphatic carbocycles. The number of hydrogen-bond acceptors (Lipinski definition) is 12. The Balaban J connectivity index is 2.67. The number of rotatable bonds is 6. The van der Waals surface area contributed by atoms with Crippen LogP contribution >= 0.6 is 0 Å². The van der Waals surface area contributed by atoms with Gasteiger partial charge in [0.2, 0.25) is 0 Å². The van der Waals surface area contributed by atoms with Crippen LogP contribution in [-0.4, -0.2) is 119 Å². The molecule has 44 heavy (non-hydrogen) atoms. The lowest BCUT2D eigenvalue weighted by molar-refractivity contribution is -0.303. The molecule has 2 fully saturated rings. The van der Waals surface area contributed by atoms with Crippen LogP contribution in [-0.2, 0) is 38.1 Å². The minimum atomic E-state index is -1.93. The zero-order valence-electron chi connectivity index (χ0n) is 28.6. The van der Waals surface area contributed by atoms with E-state index in [1.165, 1.54) is 34.8 Å². The van der Waals surface area contributed by atoms with Gasteiger partial charge in [0.15, 0.2) is 12.4 Å². The van der Waals surface area contributed by atoms with E-state index in [0.29, 0.717) is 6.42 Å². The van der Waals surface area contributed by atoms with Crippen molar-refractivity contribution in [2.24, 2.45) is 23.7 Å². The zero-order valence-corrected chi connectivity index (χ0v) is 28.6. The lowest BCUT2D eigenvalue weighted by Crippen LogP contribution is -2.61. The molecule has 2 saturated heterocycles. The molecule has 12 heteroatoms. The number of carbonyl (C=O) groups excluding carboxylic acids is 3. The molecule has 2 aliphatic rings. The highest BCUT2D eigenvalue weighted by Crippen LogP contribution is 2.39. The van der Waals surface area contributed by atoms with Crippen molar-refractivity contribution in [3.8, 4) is 0 Å². The van der Waals surface area contributed by atoms with Crippen molar-refractivity contribution in [1.82, 2.24) is 4.90 Å². The predicted octanol–water partition coefficient (Wildman–Crippen LogP) is 2.09. The van der Waals surface area contributed by atoms with Gasteiger partial charge in [0.1, 0.15) is 17.5 Å². The molecule has 0 amide bonds. The van der Waals surface area contributed by atoms with Gasteiger partial charge in [0.25, 0.3) is 0 Å². The van der Waals surface area contributed by atoms with Gasteiger partial charge in [-0.25, -0.2) is 0 Å². The number of methoxy groups -OCH3 is 1. The number of hydrogen-bond donors (Lipinski definition) is 3. The molecule has 0 bridgehead atoms. The van der Waals surface area contributed by atoms with Crippen LogP contribution in [0, 0.1) is 23.7 Å². The Morgan fingerprint density at radius 1 is 1.07 bits per heavy atom. The van der Waals surface area contributed by atoms with Gasteiger partial charge in [-0.2, -0.15) is 0 Å². The monoisotopic (exact) mass is 631 g/mol. The molecule has 0 aromatic heterocycles. The van der Waals surface area contributed by atoms with Gasteiger partial charge < -0.3 is 43.9 Å². The fourth-order valence-electron chi connectivity index (χ4n) is 6.89. The number of Topliss-reactive ketones (excluding diaryl/α,β-unsaturated/α-hetero) is 1. The highest BCUT2D eigenvalue weighted by Gasteiger charge is 2.52. The van der Waals surface area contributed by atoms with E-state index in [1.807, 2.05) is 25.9 Å². The highest BCUT2D eigenvalue weighted by molar-refractivity contribution is 5.83. The number of carbonyl (C=O) groups is 3. The van der Waals surface area contributed by atoms with E-state index in [2.05, 4.69) is 0 Å². The second-order valence-corrected chi connectivity index (χ2v) is 13.7. The van der Waals surface area contributed by atoms with E-state index in [1.54, 1.807) is 27.7 Å².